The lowest BCUT2D eigenvalue weighted by Crippen LogP contribution is -2.10. The van der Waals surface area contributed by atoms with Gasteiger partial charge in [0.2, 0.25) is 0 Å². The molecule has 4 heteroatoms. The minimum Gasteiger partial charge on any atom is -0.342 e. The van der Waals surface area contributed by atoms with E-state index in [9.17, 15) is 4.79 Å². The van der Waals surface area contributed by atoms with Gasteiger partial charge in [-0.1, -0.05) is 30.3 Å². The van der Waals surface area contributed by atoms with E-state index >= 15 is 0 Å². The maximum Gasteiger partial charge on any atom is 0.346 e. The topological polar surface area (TPSA) is 57.8 Å². The molecule has 0 saturated carbocycles. The molecule has 0 radical (unpaired) electrons. The smallest absolute Gasteiger partial charge is 0.342 e. The van der Waals surface area contributed by atoms with E-state index in [4.69, 9.17) is 0 Å². The van der Waals surface area contributed by atoms with Gasteiger partial charge in [-0.05, 0) is 29.0 Å². The second kappa shape index (κ2) is 4.33. The van der Waals surface area contributed by atoms with E-state index in [1.807, 2.05) is 30.3 Å². The molecule has 1 aromatic heterocycles. The lowest BCUT2D eigenvalue weighted by Gasteiger charge is -2.06. The fourth-order valence-electron chi connectivity index (χ4n) is 1.86. The maximum absolute atomic E-state index is 11.1. The number of nitrogens with zero attached hydrogens (tertiary/aromatic N) is 1. The van der Waals surface area contributed by atoms with Gasteiger partial charge in [-0.2, -0.15) is 0 Å². The van der Waals surface area contributed by atoms with Crippen molar-refractivity contribution in [2.24, 2.45) is 0 Å². The molecular formula is C14H11N3O. The largest absolute Gasteiger partial charge is 0.346 e. The average Bonchev–Trinajstić information content (AvgIpc) is 2.39. The Morgan fingerprint density at radius 1 is 1.00 bits per heavy atom. The molecule has 0 amide bonds. The van der Waals surface area contributed by atoms with Crippen molar-refractivity contribution in [2.45, 2.75) is 0 Å². The van der Waals surface area contributed by atoms with Gasteiger partial charge < -0.3 is 5.32 Å². The third-order valence-corrected chi connectivity index (χ3v) is 2.70. The van der Waals surface area contributed by atoms with Crippen molar-refractivity contribution in [3.05, 3.63) is 65.2 Å². The van der Waals surface area contributed by atoms with Gasteiger partial charge >= 0.3 is 5.69 Å². The Balaban J connectivity index is 1.97. The molecule has 4 nitrogen and oxygen atoms in total. The number of anilines is 2. The number of rotatable bonds is 2. The molecule has 2 N–H and O–H groups in total. The van der Waals surface area contributed by atoms with Gasteiger partial charge in [0.05, 0.1) is 0 Å². The van der Waals surface area contributed by atoms with Crippen LogP contribution < -0.4 is 11.0 Å². The molecule has 0 saturated heterocycles. The molecule has 3 rings (SSSR count). The number of fused-ring (bicyclic) bond motifs is 1. The molecule has 0 spiro atoms. The first-order valence-electron chi connectivity index (χ1n) is 5.62. The number of H-pyrrole nitrogens is 1. The lowest BCUT2D eigenvalue weighted by atomic mass is 10.1. The van der Waals surface area contributed by atoms with Crippen molar-refractivity contribution >= 4 is 22.3 Å². The van der Waals surface area contributed by atoms with Crippen LogP contribution in [0.5, 0.6) is 0 Å². The molecule has 0 fully saturated rings. The molecule has 0 aliphatic carbocycles. The van der Waals surface area contributed by atoms with Crippen LogP contribution in [0.4, 0.5) is 11.5 Å². The normalized spacial score (nSPS) is 10.4. The highest BCUT2D eigenvalue weighted by molar-refractivity contribution is 5.86. The van der Waals surface area contributed by atoms with E-state index in [0.717, 1.165) is 11.1 Å². The molecular weight excluding hydrogens is 226 g/mol. The van der Waals surface area contributed by atoms with Crippen LogP contribution in [0.15, 0.2) is 59.5 Å². The van der Waals surface area contributed by atoms with Crippen LogP contribution in [-0.4, -0.2) is 9.97 Å². The summed E-state index contributed by atoms with van der Waals surface area (Å²) in [6, 6.07) is 15.9. The Hall–Kier alpha value is -2.62. The zero-order valence-corrected chi connectivity index (χ0v) is 9.55. The van der Waals surface area contributed by atoms with Gasteiger partial charge in [0.1, 0.15) is 5.82 Å². The molecule has 0 aliphatic heterocycles. The summed E-state index contributed by atoms with van der Waals surface area (Å²) in [6.07, 6.45) is 1.47. The third kappa shape index (κ3) is 2.08. The second-order valence-corrected chi connectivity index (χ2v) is 3.98. The summed E-state index contributed by atoms with van der Waals surface area (Å²) < 4.78 is 0. The zero-order chi connectivity index (χ0) is 12.4. The number of hydrogen-bond acceptors (Lipinski definition) is 3. The Labute approximate surface area is 103 Å². The minimum atomic E-state index is -0.360. The Morgan fingerprint density at radius 3 is 2.67 bits per heavy atom. The number of aromatic amines is 1. The standard InChI is InChI=1S/C14H11N3O/c18-14-15-8-7-13(17-14)16-12-6-5-10-3-1-2-4-11(10)9-12/h1-9H,(H2,15,16,17,18). The summed E-state index contributed by atoms with van der Waals surface area (Å²) in [4.78, 5) is 17.3. The van der Waals surface area contributed by atoms with Crippen molar-refractivity contribution in [2.75, 3.05) is 5.32 Å². The summed E-state index contributed by atoms with van der Waals surface area (Å²) >= 11 is 0. The van der Waals surface area contributed by atoms with Crippen molar-refractivity contribution in [1.29, 1.82) is 0 Å². The van der Waals surface area contributed by atoms with Gasteiger partial charge in [-0.25, -0.2) is 9.78 Å². The van der Waals surface area contributed by atoms with Crippen LogP contribution >= 0.6 is 0 Å². The molecule has 88 valence electrons. The first kappa shape index (κ1) is 10.5. The third-order valence-electron chi connectivity index (χ3n) is 2.70. The Bertz CT molecular complexity index is 749. The SMILES string of the molecule is O=c1nccc(Nc2ccc3ccccc3c2)[nH]1. The summed E-state index contributed by atoms with van der Waals surface area (Å²) in [5, 5.41) is 5.48. The molecule has 0 atom stereocenters. The lowest BCUT2D eigenvalue weighted by molar-refractivity contribution is 1.08. The number of benzene rings is 2. The summed E-state index contributed by atoms with van der Waals surface area (Å²) in [5.41, 5.74) is 0.566. The maximum atomic E-state index is 11.1. The first-order valence-corrected chi connectivity index (χ1v) is 5.62. The summed E-state index contributed by atoms with van der Waals surface area (Å²) in [7, 11) is 0. The first-order chi connectivity index (χ1) is 8.81. The van der Waals surface area contributed by atoms with E-state index < -0.39 is 0 Å². The number of hydrogen-bond donors (Lipinski definition) is 2. The predicted octanol–water partition coefficient (Wildman–Crippen LogP) is 2.67. The average molecular weight is 237 g/mol. The van der Waals surface area contributed by atoms with Crippen molar-refractivity contribution < 1.29 is 0 Å². The quantitative estimate of drug-likeness (QED) is 0.720. The van der Waals surface area contributed by atoms with E-state index in [1.54, 1.807) is 6.07 Å². The van der Waals surface area contributed by atoms with Crippen LogP contribution in [0, 0.1) is 0 Å². The second-order valence-electron chi connectivity index (χ2n) is 3.98. The van der Waals surface area contributed by atoms with Crippen LogP contribution in [-0.2, 0) is 0 Å². The van der Waals surface area contributed by atoms with Gasteiger partial charge in [0.15, 0.2) is 0 Å². The van der Waals surface area contributed by atoms with E-state index in [0.29, 0.717) is 5.82 Å². The van der Waals surface area contributed by atoms with Crippen LogP contribution in [0.25, 0.3) is 10.8 Å². The highest BCUT2D eigenvalue weighted by atomic mass is 16.1. The highest BCUT2D eigenvalue weighted by Crippen LogP contribution is 2.20. The molecule has 2 aromatic carbocycles. The van der Waals surface area contributed by atoms with E-state index in [-0.39, 0.29) is 5.69 Å². The molecule has 3 aromatic rings. The molecule has 0 bridgehead atoms. The molecule has 1 heterocycles. The summed E-state index contributed by atoms with van der Waals surface area (Å²) in [6.45, 7) is 0. The fourth-order valence-corrected chi connectivity index (χ4v) is 1.86. The Morgan fingerprint density at radius 2 is 1.83 bits per heavy atom. The van der Waals surface area contributed by atoms with Gasteiger partial charge in [0, 0.05) is 11.9 Å². The van der Waals surface area contributed by atoms with Crippen molar-refractivity contribution in [3.8, 4) is 0 Å². The van der Waals surface area contributed by atoms with E-state index in [1.165, 1.54) is 11.6 Å². The highest BCUT2D eigenvalue weighted by Gasteiger charge is 1.97. The number of nitrogens with one attached hydrogen (secondary N) is 2. The van der Waals surface area contributed by atoms with Crippen LogP contribution in [0.1, 0.15) is 0 Å². The molecule has 0 aliphatic rings. The van der Waals surface area contributed by atoms with Gasteiger partial charge in [0.25, 0.3) is 0 Å². The van der Waals surface area contributed by atoms with Crippen LogP contribution in [0.3, 0.4) is 0 Å². The molecule has 0 unspecified atom stereocenters. The van der Waals surface area contributed by atoms with Crippen molar-refractivity contribution in [3.63, 3.8) is 0 Å². The number of aromatic nitrogens is 2. The predicted molar refractivity (Wildman–Crippen MR) is 72.1 cm³/mol. The monoisotopic (exact) mass is 237 g/mol. The minimum absolute atomic E-state index is 0.360. The van der Waals surface area contributed by atoms with Crippen LogP contribution in [0.2, 0.25) is 0 Å². The van der Waals surface area contributed by atoms with Crippen molar-refractivity contribution in [1.82, 2.24) is 9.97 Å². The fraction of sp³-hybridized carbons (Fsp3) is 0. The summed E-state index contributed by atoms with van der Waals surface area (Å²) in [5.74, 6) is 0.630. The zero-order valence-electron chi connectivity index (χ0n) is 9.55. The van der Waals surface area contributed by atoms with Gasteiger partial charge in [-0.3, -0.25) is 4.98 Å². The Kier molecular flexibility index (Phi) is 2.53. The van der Waals surface area contributed by atoms with E-state index in [2.05, 4.69) is 27.4 Å². The molecule has 18 heavy (non-hydrogen) atoms. The van der Waals surface area contributed by atoms with Gasteiger partial charge in [-0.15, -0.1) is 0 Å².